The summed E-state index contributed by atoms with van der Waals surface area (Å²) in [5.41, 5.74) is 3.00. The van der Waals surface area contributed by atoms with Crippen molar-refractivity contribution >= 4 is 17.5 Å². The lowest BCUT2D eigenvalue weighted by Crippen LogP contribution is -2.14. The molecular weight excluding hydrogens is 380 g/mol. The lowest BCUT2D eigenvalue weighted by molar-refractivity contribution is 0.0994. The first-order valence-corrected chi connectivity index (χ1v) is 11.1. The van der Waals surface area contributed by atoms with Crippen LogP contribution in [0.5, 0.6) is 0 Å². The van der Waals surface area contributed by atoms with Gasteiger partial charge in [0.2, 0.25) is 0 Å². The second-order valence-electron chi connectivity index (χ2n) is 7.23. The van der Waals surface area contributed by atoms with Crippen molar-refractivity contribution < 1.29 is 4.79 Å². The topological polar surface area (TPSA) is 60.7 Å². The molecule has 1 aromatic carbocycles. The summed E-state index contributed by atoms with van der Waals surface area (Å²) in [4.78, 5) is 16.9. The molecule has 3 rings (SSSR count). The summed E-state index contributed by atoms with van der Waals surface area (Å²) in [7, 11) is 1.92. The summed E-state index contributed by atoms with van der Waals surface area (Å²) in [5, 5.41) is 9.04. The van der Waals surface area contributed by atoms with Crippen molar-refractivity contribution in [3.05, 3.63) is 59.9 Å². The molecule has 6 heteroatoms. The zero-order valence-electron chi connectivity index (χ0n) is 17.3. The van der Waals surface area contributed by atoms with E-state index in [-0.39, 0.29) is 11.0 Å². The highest BCUT2D eigenvalue weighted by Crippen LogP contribution is 2.27. The van der Waals surface area contributed by atoms with E-state index >= 15 is 0 Å². The molecule has 0 fully saturated rings. The molecule has 0 N–H and O–H groups in total. The summed E-state index contributed by atoms with van der Waals surface area (Å²) in [6.45, 7) is 4.15. The molecule has 0 saturated heterocycles. The van der Waals surface area contributed by atoms with Crippen LogP contribution in [0.1, 0.15) is 55.5 Å². The highest BCUT2D eigenvalue weighted by molar-refractivity contribution is 8.00. The van der Waals surface area contributed by atoms with Gasteiger partial charge in [0.25, 0.3) is 0 Å². The SMILES string of the molecule is CCCCCCc1ccc(C(=O)[C@@H](C)Sc2nnc(-c3ccncc3)n2C)cc1. The monoisotopic (exact) mass is 408 g/mol. The number of carbonyl (C=O) groups is 1. The Kier molecular flexibility index (Phi) is 7.58. The highest BCUT2D eigenvalue weighted by Gasteiger charge is 2.20. The third-order valence-electron chi connectivity index (χ3n) is 4.98. The van der Waals surface area contributed by atoms with E-state index in [1.54, 1.807) is 12.4 Å². The number of rotatable bonds is 10. The van der Waals surface area contributed by atoms with Gasteiger partial charge in [0.15, 0.2) is 16.8 Å². The van der Waals surface area contributed by atoms with Gasteiger partial charge in [-0.1, -0.05) is 62.2 Å². The Morgan fingerprint density at radius 2 is 1.76 bits per heavy atom. The van der Waals surface area contributed by atoms with Crippen LogP contribution in [-0.2, 0) is 13.5 Å². The number of pyridine rings is 1. The lowest BCUT2D eigenvalue weighted by atomic mass is 10.0. The maximum atomic E-state index is 12.9. The largest absolute Gasteiger partial charge is 0.305 e. The van der Waals surface area contributed by atoms with E-state index in [1.807, 2.05) is 42.8 Å². The van der Waals surface area contributed by atoms with Crippen LogP contribution in [0.25, 0.3) is 11.4 Å². The second-order valence-corrected chi connectivity index (χ2v) is 8.54. The highest BCUT2D eigenvalue weighted by atomic mass is 32.2. The third kappa shape index (κ3) is 5.54. The molecule has 0 spiro atoms. The number of thioether (sulfide) groups is 1. The Balaban J connectivity index is 1.61. The number of hydrogen-bond acceptors (Lipinski definition) is 5. The Labute approximate surface area is 177 Å². The summed E-state index contributed by atoms with van der Waals surface area (Å²) < 4.78 is 1.92. The van der Waals surface area contributed by atoms with Crippen LogP contribution in [0.4, 0.5) is 0 Å². The van der Waals surface area contributed by atoms with E-state index in [2.05, 4.69) is 34.2 Å². The minimum atomic E-state index is -0.237. The summed E-state index contributed by atoms with van der Waals surface area (Å²) >= 11 is 1.44. The first kappa shape index (κ1) is 21.2. The van der Waals surface area contributed by atoms with Crippen molar-refractivity contribution in [3.8, 4) is 11.4 Å². The number of nitrogens with zero attached hydrogens (tertiary/aromatic N) is 4. The minimum absolute atomic E-state index is 0.112. The molecule has 2 aromatic heterocycles. The second kappa shape index (κ2) is 10.3. The van der Waals surface area contributed by atoms with Gasteiger partial charge >= 0.3 is 0 Å². The average molecular weight is 409 g/mol. The normalized spacial score (nSPS) is 12.1. The van der Waals surface area contributed by atoms with E-state index in [4.69, 9.17) is 0 Å². The van der Waals surface area contributed by atoms with Gasteiger partial charge in [-0.05, 0) is 37.5 Å². The van der Waals surface area contributed by atoms with Crippen molar-refractivity contribution in [3.63, 3.8) is 0 Å². The van der Waals surface area contributed by atoms with Gasteiger partial charge < -0.3 is 4.57 Å². The maximum absolute atomic E-state index is 12.9. The van der Waals surface area contributed by atoms with Crippen molar-refractivity contribution in [2.45, 2.75) is 56.4 Å². The van der Waals surface area contributed by atoms with Crippen molar-refractivity contribution in [1.82, 2.24) is 19.7 Å². The van der Waals surface area contributed by atoms with Crippen LogP contribution in [0.15, 0.2) is 53.9 Å². The number of carbonyl (C=O) groups excluding carboxylic acids is 1. The Hall–Kier alpha value is -2.47. The van der Waals surface area contributed by atoms with E-state index in [1.165, 1.54) is 43.0 Å². The molecule has 0 aliphatic carbocycles. The van der Waals surface area contributed by atoms with E-state index < -0.39 is 0 Å². The fraction of sp³-hybridized carbons (Fsp3) is 0.391. The van der Waals surface area contributed by atoms with Gasteiger partial charge in [-0.25, -0.2) is 0 Å². The van der Waals surface area contributed by atoms with Crippen LogP contribution in [0, 0.1) is 0 Å². The van der Waals surface area contributed by atoms with Crippen LogP contribution in [0.2, 0.25) is 0 Å². The number of ketones is 1. The first-order chi connectivity index (χ1) is 14.1. The van der Waals surface area contributed by atoms with Crippen molar-refractivity contribution in [2.75, 3.05) is 0 Å². The molecule has 0 unspecified atom stereocenters. The standard InChI is InChI=1S/C23H28N4OS/c1-4-5-6-7-8-18-9-11-19(12-10-18)21(28)17(2)29-23-26-25-22(27(23)3)20-13-15-24-16-14-20/h9-17H,4-8H2,1-3H3/t17-/m1/s1. The number of aromatic nitrogens is 4. The predicted octanol–water partition coefficient (Wildman–Crippen LogP) is 5.36. The molecule has 0 saturated carbocycles. The fourth-order valence-corrected chi connectivity index (χ4v) is 4.10. The van der Waals surface area contributed by atoms with Crippen molar-refractivity contribution in [1.29, 1.82) is 0 Å². The Morgan fingerprint density at radius 1 is 1.03 bits per heavy atom. The molecule has 2 heterocycles. The predicted molar refractivity (Wildman–Crippen MR) is 118 cm³/mol. The number of hydrogen-bond donors (Lipinski definition) is 0. The number of benzene rings is 1. The third-order valence-corrected chi connectivity index (χ3v) is 6.12. The average Bonchev–Trinajstić information content (AvgIpc) is 3.12. The van der Waals surface area contributed by atoms with E-state index in [0.29, 0.717) is 0 Å². The molecule has 0 amide bonds. The zero-order chi connectivity index (χ0) is 20.6. The summed E-state index contributed by atoms with van der Waals surface area (Å²) in [6.07, 6.45) is 9.56. The Bertz CT molecular complexity index is 922. The molecule has 0 bridgehead atoms. The molecule has 0 aliphatic rings. The van der Waals surface area contributed by atoms with E-state index in [9.17, 15) is 4.79 Å². The molecular formula is C23H28N4OS. The molecule has 3 aromatic rings. The zero-order valence-corrected chi connectivity index (χ0v) is 18.2. The van der Waals surface area contributed by atoms with Crippen molar-refractivity contribution in [2.24, 2.45) is 7.05 Å². The lowest BCUT2D eigenvalue weighted by Gasteiger charge is -2.11. The fourth-order valence-electron chi connectivity index (χ4n) is 3.21. The molecule has 0 radical (unpaired) electrons. The van der Waals surface area contributed by atoms with Crippen LogP contribution < -0.4 is 0 Å². The van der Waals surface area contributed by atoms with Gasteiger partial charge in [0.1, 0.15) is 0 Å². The van der Waals surface area contributed by atoms with Gasteiger partial charge in [-0.15, -0.1) is 10.2 Å². The van der Waals surface area contributed by atoms with Crippen LogP contribution in [-0.4, -0.2) is 30.8 Å². The Morgan fingerprint density at radius 3 is 2.45 bits per heavy atom. The van der Waals surface area contributed by atoms with E-state index in [0.717, 1.165) is 28.5 Å². The van der Waals surface area contributed by atoms with Gasteiger partial charge in [-0.2, -0.15) is 0 Å². The molecule has 152 valence electrons. The van der Waals surface area contributed by atoms with Gasteiger partial charge in [0.05, 0.1) is 5.25 Å². The molecule has 5 nitrogen and oxygen atoms in total. The molecule has 0 aliphatic heterocycles. The van der Waals surface area contributed by atoms with Crippen LogP contribution in [0.3, 0.4) is 0 Å². The molecule has 29 heavy (non-hydrogen) atoms. The summed E-state index contributed by atoms with van der Waals surface area (Å²) in [6, 6.07) is 11.9. The molecule has 1 atom stereocenters. The minimum Gasteiger partial charge on any atom is -0.305 e. The van der Waals surface area contributed by atoms with Gasteiger partial charge in [0, 0.05) is 30.6 Å². The first-order valence-electron chi connectivity index (χ1n) is 10.2. The van der Waals surface area contributed by atoms with Crippen LogP contribution >= 0.6 is 11.8 Å². The number of aryl methyl sites for hydroxylation is 1. The maximum Gasteiger partial charge on any atom is 0.191 e. The quantitative estimate of drug-likeness (QED) is 0.257. The number of unbranched alkanes of at least 4 members (excludes halogenated alkanes) is 3. The number of Topliss-reactive ketones (excluding diaryl/α,β-unsaturated/α-hetero) is 1. The van der Waals surface area contributed by atoms with Gasteiger partial charge in [-0.3, -0.25) is 9.78 Å². The smallest absolute Gasteiger partial charge is 0.191 e. The summed E-state index contributed by atoms with van der Waals surface area (Å²) in [5.74, 6) is 0.878.